The SMILES string of the molecule is CCC(C)(CCO)NC(=O)Nc1cccc(SC(F)F)c1. The highest BCUT2D eigenvalue weighted by molar-refractivity contribution is 7.99. The van der Waals surface area contributed by atoms with Crippen LogP contribution in [-0.2, 0) is 0 Å². The van der Waals surface area contributed by atoms with Crippen LogP contribution in [0.5, 0.6) is 0 Å². The molecule has 1 aromatic carbocycles. The number of rotatable bonds is 7. The van der Waals surface area contributed by atoms with Crippen molar-refractivity contribution in [3.63, 3.8) is 0 Å². The highest BCUT2D eigenvalue weighted by Gasteiger charge is 2.23. The molecule has 1 aromatic rings. The number of benzene rings is 1. The molecule has 0 spiro atoms. The number of carbonyl (C=O) groups is 1. The summed E-state index contributed by atoms with van der Waals surface area (Å²) in [7, 11) is 0. The predicted molar refractivity (Wildman–Crippen MR) is 80.9 cm³/mol. The van der Waals surface area contributed by atoms with Gasteiger partial charge in [-0.2, -0.15) is 8.78 Å². The summed E-state index contributed by atoms with van der Waals surface area (Å²) in [4.78, 5) is 12.3. The lowest BCUT2D eigenvalue weighted by molar-refractivity contribution is 0.208. The molecule has 7 heteroatoms. The summed E-state index contributed by atoms with van der Waals surface area (Å²) in [5.41, 5.74) is -0.0608. The van der Waals surface area contributed by atoms with Crippen molar-refractivity contribution in [2.75, 3.05) is 11.9 Å². The molecule has 0 fully saturated rings. The molecule has 0 heterocycles. The molecule has 118 valence electrons. The number of halogens is 2. The summed E-state index contributed by atoms with van der Waals surface area (Å²) in [6, 6.07) is 5.86. The van der Waals surface area contributed by atoms with Gasteiger partial charge in [0.1, 0.15) is 0 Å². The molecule has 0 saturated heterocycles. The molecular weight excluding hydrogens is 298 g/mol. The van der Waals surface area contributed by atoms with Crippen LogP contribution in [0.15, 0.2) is 29.2 Å². The average molecular weight is 318 g/mol. The van der Waals surface area contributed by atoms with E-state index in [4.69, 9.17) is 5.11 Å². The molecule has 1 rings (SSSR count). The largest absolute Gasteiger partial charge is 0.396 e. The summed E-state index contributed by atoms with van der Waals surface area (Å²) in [5.74, 6) is -2.50. The van der Waals surface area contributed by atoms with Crippen molar-refractivity contribution in [3.8, 4) is 0 Å². The van der Waals surface area contributed by atoms with Crippen molar-refractivity contribution >= 4 is 23.5 Å². The Bertz CT molecular complexity index is 474. The van der Waals surface area contributed by atoms with Gasteiger partial charge in [-0.05, 0) is 38.0 Å². The van der Waals surface area contributed by atoms with E-state index in [1.807, 2.05) is 13.8 Å². The van der Waals surface area contributed by atoms with E-state index in [9.17, 15) is 13.6 Å². The highest BCUT2D eigenvalue weighted by atomic mass is 32.2. The summed E-state index contributed by atoms with van der Waals surface area (Å²) in [6.07, 6.45) is 1.11. The zero-order valence-corrected chi connectivity index (χ0v) is 12.8. The molecule has 0 aromatic heterocycles. The molecule has 2 amide bonds. The van der Waals surface area contributed by atoms with Crippen molar-refractivity contribution in [2.24, 2.45) is 0 Å². The zero-order chi connectivity index (χ0) is 15.9. The fourth-order valence-corrected chi connectivity index (χ4v) is 2.32. The van der Waals surface area contributed by atoms with E-state index in [2.05, 4.69) is 10.6 Å². The van der Waals surface area contributed by atoms with Gasteiger partial charge in [0.15, 0.2) is 0 Å². The van der Waals surface area contributed by atoms with Crippen molar-refractivity contribution < 1.29 is 18.7 Å². The minimum atomic E-state index is -2.50. The lowest BCUT2D eigenvalue weighted by atomic mass is 9.95. The number of urea groups is 1. The fourth-order valence-electron chi connectivity index (χ4n) is 1.76. The van der Waals surface area contributed by atoms with E-state index >= 15 is 0 Å². The van der Waals surface area contributed by atoms with E-state index in [1.54, 1.807) is 18.2 Å². The van der Waals surface area contributed by atoms with Gasteiger partial charge in [-0.3, -0.25) is 0 Å². The van der Waals surface area contributed by atoms with E-state index < -0.39 is 17.3 Å². The van der Waals surface area contributed by atoms with Crippen molar-refractivity contribution in [2.45, 2.75) is 42.9 Å². The number of alkyl halides is 2. The number of amides is 2. The Morgan fingerprint density at radius 3 is 2.76 bits per heavy atom. The summed E-state index contributed by atoms with van der Waals surface area (Å²) in [5, 5.41) is 14.4. The first-order chi connectivity index (χ1) is 9.88. The lowest BCUT2D eigenvalue weighted by Crippen LogP contribution is -2.48. The molecule has 0 aliphatic heterocycles. The van der Waals surface area contributed by atoms with Crippen LogP contribution in [0.4, 0.5) is 19.3 Å². The van der Waals surface area contributed by atoms with Crippen LogP contribution in [0.25, 0.3) is 0 Å². The quantitative estimate of drug-likeness (QED) is 0.672. The third-order valence-electron chi connectivity index (χ3n) is 3.18. The maximum absolute atomic E-state index is 12.3. The van der Waals surface area contributed by atoms with Crippen LogP contribution >= 0.6 is 11.8 Å². The van der Waals surface area contributed by atoms with Gasteiger partial charge in [0, 0.05) is 22.7 Å². The molecule has 21 heavy (non-hydrogen) atoms. The number of nitrogens with one attached hydrogen (secondary N) is 2. The average Bonchev–Trinajstić information content (AvgIpc) is 2.38. The number of carbonyl (C=O) groups excluding carboxylic acids is 1. The van der Waals surface area contributed by atoms with Crippen LogP contribution in [0.2, 0.25) is 0 Å². The van der Waals surface area contributed by atoms with Gasteiger partial charge in [0.25, 0.3) is 5.76 Å². The first-order valence-electron chi connectivity index (χ1n) is 6.63. The Labute approximate surface area is 127 Å². The lowest BCUT2D eigenvalue weighted by Gasteiger charge is -2.29. The molecule has 0 saturated carbocycles. The van der Waals surface area contributed by atoms with E-state index in [0.717, 1.165) is 0 Å². The number of hydrogen-bond acceptors (Lipinski definition) is 3. The van der Waals surface area contributed by atoms with Gasteiger partial charge >= 0.3 is 6.03 Å². The van der Waals surface area contributed by atoms with Crippen molar-refractivity contribution in [1.29, 1.82) is 0 Å². The Morgan fingerprint density at radius 1 is 1.48 bits per heavy atom. The van der Waals surface area contributed by atoms with E-state index in [0.29, 0.717) is 35.2 Å². The maximum atomic E-state index is 12.3. The summed E-state index contributed by atoms with van der Waals surface area (Å²) < 4.78 is 24.6. The predicted octanol–water partition coefficient (Wildman–Crippen LogP) is 3.67. The number of aliphatic hydroxyl groups is 1. The molecule has 0 radical (unpaired) electrons. The van der Waals surface area contributed by atoms with Crippen LogP contribution in [0, 0.1) is 0 Å². The number of thioether (sulfide) groups is 1. The summed E-state index contributed by atoms with van der Waals surface area (Å²) >= 11 is 0.427. The number of aliphatic hydroxyl groups excluding tert-OH is 1. The van der Waals surface area contributed by atoms with Gasteiger partial charge in [0.05, 0.1) is 0 Å². The minimum absolute atomic E-state index is 0.0227. The molecule has 0 bridgehead atoms. The standard InChI is InChI=1S/C14H20F2N2O2S/c1-3-14(2,7-8-19)18-13(20)17-10-5-4-6-11(9-10)21-12(15)16/h4-6,9,12,19H,3,7-8H2,1-2H3,(H2,17,18,20). The first-order valence-corrected chi connectivity index (χ1v) is 7.51. The van der Waals surface area contributed by atoms with E-state index in [1.165, 1.54) is 6.07 Å². The molecule has 0 aliphatic rings. The number of anilines is 1. The van der Waals surface area contributed by atoms with Crippen LogP contribution < -0.4 is 10.6 Å². The molecule has 1 unspecified atom stereocenters. The Hall–Kier alpha value is -1.34. The highest BCUT2D eigenvalue weighted by Crippen LogP contribution is 2.27. The van der Waals surface area contributed by atoms with Crippen molar-refractivity contribution in [3.05, 3.63) is 24.3 Å². The maximum Gasteiger partial charge on any atom is 0.319 e. The first kappa shape index (κ1) is 17.7. The topological polar surface area (TPSA) is 61.4 Å². The van der Waals surface area contributed by atoms with Crippen LogP contribution in [-0.4, -0.2) is 29.0 Å². The minimum Gasteiger partial charge on any atom is -0.396 e. The summed E-state index contributed by atoms with van der Waals surface area (Å²) in [6.45, 7) is 3.73. The number of hydrogen-bond donors (Lipinski definition) is 3. The molecule has 3 N–H and O–H groups in total. The van der Waals surface area contributed by atoms with Crippen LogP contribution in [0.1, 0.15) is 26.7 Å². The Kier molecular flexibility index (Phi) is 6.91. The second-order valence-electron chi connectivity index (χ2n) is 4.87. The zero-order valence-electron chi connectivity index (χ0n) is 12.0. The Balaban J connectivity index is 2.66. The van der Waals surface area contributed by atoms with Crippen molar-refractivity contribution in [1.82, 2.24) is 5.32 Å². The monoisotopic (exact) mass is 318 g/mol. The third-order valence-corrected chi connectivity index (χ3v) is 3.88. The van der Waals surface area contributed by atoms with Gasteiger partial charge < -0.3 is 15.7 Å². The Morgan fingerprint density at radius 2 is 2.19 bits per heavy atom. The smallest absolute Gasteiger partial charge is 0.319 e. The van der Waals surface area contributed by atoms with Gasteiger partial charge in [-0.15, -0.1) is 0 Å². The molecular formula is C14H20F2N2O2S. The van der Waals surface area contributed by atoms with Gasteiger partial charge in [-0.1, -0.05) is 24.8 Å². The van der Waals surface area contributed by atoms with Gasteiger partial charge in [-0.25, -0.2) is 4.79 Å². The van der Waals surface area contributed by atoms with Gasteiger partial charge in [0.2, 0.25) is 0 Å². The fraction of sp³-hybridized carbons (Fsp3) is 0.500. The second kappa shape index (κ2) is 8.19. The second-order valence-corrected chi connectivity index (χ2v) is 5.94. The molecule has 1 atom stereocenters. The van der Waals surface area contributed by atoms with E-state index in [-0.39, 0.29) is 6.61 Å². The van der Waals surface area contributed by atoms with Crippen LogP contribution in [0.3, 0.4) is 0 Å². The molecule has 0 aliphatic carbocycles. The normalized spacial score (nSPS) is 13.8. The third kappa shape index (κ3) is 6.31. The molecule has 4 nitrogen and oxygen atoms in total.